The van der Waals surface area contributed by atoms with Crippen LogP contribution in [0.2, 0.25) is 0 Å². The molecule has 4 aromatic rings. The van der Waals surface area contributed by atoms with Crippen molar-refractivity contribution in [3.63, 3.8) is 0 Å². The van der Waals surface area contributed by atoms with Gasteiger partial charge in [-0.15, -0.1) is 0 Å². The summed E-state index contributed by atoms with van der Waals surface area (Å²) in [6.45, 7) is 4.57. The third-order valence-electron chi connectivity index (χ3n) is 8.60. The Hall–Kier alpha value is -5.47. The minimum Gasteiger partial charge on any atom is -0.493 e. The van der Waals surface area contributed by atoms with E-state index in [1.54, 1.807) is 67.9 Å². The Morgan fingerprint density at radius 1 is 0.939 bits per heavy atom. The van der Waals surface area contributed by atoms with Gasteiger partial charge >= 0.3 is 0 Å². The van der Waals surface area contributed by atoms with E-state index in [4.69, 9.17) is 19.9 Å². The third kappa shape index (κ3) is 7.99. The second-order valence-corrected chi connectivity index (χ2v) is 11.9. The zero-order valence-corrected chi connectivity index (χ0v) is 27.8. The van der Waals surface area contributed by atoms with Crippen molar-refractivity contribution in [3.05, 3.63) is 108 Å². The molecule has 0 bridgehead atoms. The molecule has 1 aliphatic heterocycles. The standard InChI is InChI=1S/C38H38F3N5O3/c1-25(27-5-8-30(39)9-6-27)21-45(24-38(23-42)13-15-49-16-14-38)22-26(2)46(41)31-10-11-32(34(40)19-31)33-17-29(20-44-37(33)43)28-7-12-35(47-3)36(18-28)48-4/h5-12,17-22H,13-16,24H2,1-4H3,(H2,43,44)/b25-21+,26-22+. The van der Waals surface area contributed by atoms with Crippen LogP contribution in [0.1, 0.15) is 32.3 Å². The van der Waals surface area contributed by atoms with Crippen molar-refractivity contribution in [1.29, 1.82) is 5.26 Å². The maximum atomic E-state index is 15.9. The van der Waals surface area contributed by atoms with E-state index in [2.05, 4.69) is 11.1 Å². The molecule has 0 aliphatic carbocycles. The normalized spacial score (nSPS) is 14.6. The minimum absolute atomic E-state index is 0.0437. The van der Waals surface area contributed by atoms with Crippen molar-refractivity contribution in [2.24, 2.45) is 5.41 Å². The number of methoxy groups -OCH3 is 2. The monoisotopic (exact) mass is 669 g/mol. The number of halogens is 3. The Bertz CT molecular complexity index is 1900. The van der Waals surface area contributed by atoms with Crippen molar-refractivity contribution in [2.45, 2.75) is 26.7 Å². The fourth-order valence-corrected chi connectivity index (χ4v) is 5.79. The van der Waals surface area contributed by atoms with E-state index in [0.29, 0.717) is 53.8 Å². The number of anilines is 2. The summed E-state index contributed by atoms with van der Waals surface area (Å²) in [7, 11) is 3.08. The average molecular weight is 670 g/mol. The summed E-state index contributed by atoms with van der Waals surface area (Å²) in [6, 6.07) is 19.6. The number of nitrogens with zero attached hydrogens (tertiary/aromatic N) is 4. The maximum Gasteiger partial charge on any atom is 0.161 e. The van der Waals surface area contributed by atoms with Crippen LogP contribution < -0.4 is 20.3 Å². The van der Waals surface area contributed by atoms with Crippen LogP contribution in [-0.2, 0) is 4.74 Å². The SMILES string of the molecule is COc1ccc(-c2cnc(N)c(-c3ccc(N(F)/C(C)=C/N(/C=C(\C)c4ccc(F)cc4)CC4(C#N)CCOCC4)cc3F)c2)cc1OC. The Morgan fingerprint density at radius 2 is 1.65 bits per heavy atom. The third-order valence-corrected chi connectivity index (χ3v) is 8.60. The van der Waals surface area contributed by atoms with Crippen molar-refractivity contribution < 1.29 is 27.5 Å². The second-order valence-electron chi connectivity index (χ2n) is 11.9. The molecule has 0 spiro atoms. The van der Waals surface area contributed by atoms with E-state index in [9.17, 15) is 9.65 Å². The first-order valence-corrected chi connectivity index (χ1v) is 15.7. The molecule has 2 N–H and O–H groups in total. The minimum atomic E-state index is -0.719. The maximum absolute atomic E-state index is 15.9. The summed E-state index contributed by atoms with van der Waals surface area (Å²) < 4.78 is 61.4. The van der Waals surface area contributed by atoms with Crippen LogP contribution in [0, 0.1) is 28.4 Å². The van der Waals surface area contributed by atoms with E-state index < -0.39 is 11.2 Å². The molecule has 1 saturated heterocycles. The van der Waals surface area contributed by atoms with Crippen LogP contribution in [0.25, 0.3) is 27.8 Å². The van der Waals surface area contributed by atoms with E-state index >= 15 is 8.87 Å². The molecular weight excluding hydrogens is 631 g/mol. The van der Waals surface area contributed by atoms with Crippen molar-refractivity contribution in [2.75, 3.05) is 44.8 Å². The molecule has 254 valence electrons. The van der Waals surface area contributed by atoms with Crippen LogP contribution in [0.15, 0.2) is 91.0 Å². The smallest absolute Gasteiger partial charge is 0.161 e. The number of nitrogen functional groups attached to an aromatic ring is 1. The Morgan fingerprint density at radius 3 is 2.31 bits per heavy atom. The molecule has 1 aromatic heterocycles. The number of hydrogen-bond acceptors (Lipinski definition) is 8. The summed E-state index contributed by atoms with van der Waals surface area (Å²) in [5.74, 6) is 0.149. The van der Waals surface area contributed by atoms with Crippen molar-refractivity contribution in [3.8, 4) is 39.8 Å². The molecule has 5 rings (SSSR count). The lowest BCUT2D eigenvalue weighted by atomic mass is 9.81. The Kier molecular flexibility index (Phi) is 10.8. The van der Waals surface area contributed by atoms with Crippen LogP contribution in [-0.4, -0.2) is 43.9 Å². The molecule has 11 heteroatoms. The van der Waals surface area contributed by atoms with Gasteiger partial charge in [0.25, 0.3) is 0 Å². The van der Waals surface area contributed by atoms with Crippen LogP contribution >= 0.6 is 0 Å². The number of pyridine rings is 1. The predicted octanol–water partition coefficient (Wildman–Crippen LogP) is 8.53. The van der Waals surface area contributed by atoms with Crippen molar-refractivity contribution in [1.82, 2.24) is 9.88 Å². The Balaban J connectivity index is 1.44. The molecule has 0 amide bonds. The molecule has 1 fully saturated rings. The van der Waals surface area contributed by atoms with E-state index in [1.807, 2.05) is 13.0 Å². The van der Waals surface area contributed by atoms with E-state index in [-0.39, 0.29) is 35.1 Å². The molecule has 49 heavy (non-hydrogen) atoms. The fourth-order valence-electron chi connectivity index (χ4n) is 5.79. The number of nitriles is 1. The van der Waals surface area contributed by atoms with Gasteiger partial charge in [-0.3, -0.25) is 0 Å². The number of allylic oxidation sites excluding steroid dienone is 2. The molecule has 0 radical (unpaired) electrons. The molecule has 1 aliphatic rings. The molecule has 8 nitrogen and oxygen atoms in total. The summed E-state index contributed by atoms with van der Waals surface area (Å²) in [5, 5.41) is 10.5. The molecule has 2 heterocycles. The highest BCUT2D eigenvalue weighted by molar-refractivity contribution is 5.81. The largest absolute Gasteiger partial charge is 0.493 e. The average Bonchev–Trinajstić information content (AvgIpc) is 3.11. The number of nitrogens with two attached hydrogens (primary N) is 1. The molecule has 0 atom stereocenters. The number of hydrogen-bond donors (Lipinski definition) is 1. The number of aromatic nitrogens is 1. The topological polar surface area (TPSA) is 96.9 Å². The highest BCUT2D eigenvalue weighted by Gasteiger charge is 2.34. The fraction of sp³-hybridized carbons (Fsp3) is 0.263. The number of benzene rings is 3. The van der Waals surface area contributed by atoms with Gasteiger partial charge in [-0.2, -0.15) is 10.4 Å². The summed E-state index contributed by atoms with van der Waals surface area (Å²) in [4.78, 5) is 6.04. The lowest BCUT2D eigenvalue weighted by Gasteiger charge is -2.34. The zero-order valence-electron chi connectivity index (χ0n) is 27.8. The van der Waals surface area contributed by atoms with Gasteiger partial charge in [0.1, 0.15) is 17.5 Å². The van der Waals surface area contributed by atoms with Crippen LogP contribution in [0.4, 0.5) is 24.8 Å². The van der Waals surface area contributed by atoms with Gasteiger partial charge in [0.2, 0.25) is 0 Å². The molecule has 0 unspecified atom stereocenters. The van der Waals surface area contributed by atoms with E-state index in [0.717, 1.165) is 22.8 Å². The molecular formula is C38H38F3N5O3. The van der Waals surface area contributed by atoms with Crippen LogP contribution in [0.5, 0.6) is 11.5 Å². The second kappa shape index (κ2) is 15.2. The van der Waals surface area contributed by atoms with Gasteiger partial charge in [0.05, 0.1) is 37.1 Å². The van der Waals surface area contributed by atoms with Gasteiger partial charge in [-0.05, 0) is 85.9 Å². The molecule has 0 saturated carbocycles. The number of rotatable bonds is 11. The van der Waals surface area contributed by atoms with Crippen molar-refractivity contribution >= 4 is 17.1 Å². The first kappa shape index (κ1) is 34.9. The summed E-state index contributed by atoms with van der Waals surface area (Å²) in [5.41, 5.74) is 9.05. The summed E-state index contributed by atoms with van der Waals surface area (Å²) >= 11 is 0. The van der Waals surface area contributed by atoms with Crippen LogP contribution in [0.3, 0.4) is 0 Å². The molecule has 3 aromatic carbocycles. The lowest BCUT2D eigenvalue weighted by Crippen LogP contribution is -2.37. The Labute approximate surface area is 284 Å². The highest BCUT2D eigenvalue weighted by atomic mass is 19.2. The van der Waals surface area contributed by atoms with E-state index in [1.165, 1.54) is 31.4 Å². The first-order chi connectivity index (χ1) is 23.6. The van der Waals surface area contributed by atoms with Gasteiger partial charge in [-0.1, -0.05) is 22.7 Å². The lowest BCUT2D eigenvalue weighted by molar-refractivity contribution is 0.0335. The summed E-state index contributed by atoms with van der Waals surface area (Å²) in [6.07, 6.45) is 5.99. The quantitative estimate of drug-likeness (QED) is 0.159. The van der Waals surface area contributed by atoms with Gasteiger partial charge in [-0.25, -0.2) is 13.8 Å². The van der Waals surface area contributed by atoms with Gasteiger partial charge in [0.15, 0.2) is 11.5 Å². The number of ether oxygens (including phenoxy) is 3. The zero-order chi connectivity index (χ0) is 35.1. The van der Waals surface area contributed by atoms with Gasteiger partial charge < -0.3 is 24.8 Å². The van der Waals surface area contributed by atoms with Gasteiger partial charge in [0, 0.05) is 61.1 Å². The first-order valence-electron chi connectivity index (χ1n) is 15.7. The predicted molar refractivity (Wildman–Crippen MR) is 185 cm³/mol. The highest BCUT2D eigenvalue weighted by Crippen LogP contribution is 2.37.